The number of carbonyl (C=O) groups excluding carboxylic acids is 1. The number of hydrogen-bond donors (Lipinski definition) is 1. The molecular formula is C3H7N2OY-. The van der Waals surface area contributed by atoms with Crippen LogP contribution in [0.25, 0.3) is 5.73 Å². The van der Waals surface area contributed by atoms with Crippen molar-refractivity contribution >= 4 is 6.03 Å². The molecule has 0 aliphatic carbocycles. The standard InChI is InChI=1S/C3H8N2O.Y/c1-2-5-3(4)6;/h2H2,1H3,(H3,4,5,6);/p-1. The van der Waals surface area contributed by atoms with Crippen LogP contribution in [0.4, 0.5) is 4.79 Å². The van der Waals surface area contributed by atoms with Crippen molar-refractivity contribution in [1.82, 2.24) is 5.32 Å². The van der Waals surface area contributed by atoms with Gasteiger partial charge in [-0.1, -0.05) is 13.5 Å². The van der Waals surface area contributed by atoms with E-state index in [0.29, 0.717) is 6.54 Å². The van der Waals surface area contributed by atoms with E-state index < -0.39 is 6.03 Å². The van der Waals surface area contributed by atoms with Crippen molar-refractivity contribution in [2.45, 2.75) is 6.92 Å². The average Bonchev–Trinajstić information content (AvgIpc) is 1.35. The van der Waals surface area contributed by atoms with E-state index in [1.54, 1.807) is 6.92 Å². The molecule has 0 aromatic carbocycles. The van der Waals surface area contributed by atoms with Crippen LogP contribution in [0.1, 0.15) is 6.92 Å². The molecule has 0 aliphatic rings. The second kappa shape index (κ2) is 6.37. The normalized spacial score (nSPS) is 6.43. The van der Waals surface area contributed by atoms with E-state index in [2.05, 4.69) is 5.32 Å². The molecule has 0 bridgehead atoms. The fraction of sp³-hybridized carbons (Fsp3) is 0.667. The van der Waals surface area contributed by atoms with Gasteiger partial charge in [0.2, 0.25) is 0 Å². The third-order valence-electron chi connectivity index (χ3n) is 0.337. The molecule has 1 radical (unpaired) electrons. The summed E-state index contributed by atoms with van der Waals surface area (Å²) in [5.74, 6) is 0. The molecule has 39 valence electrons. The molecule has 0 spiro atoms. The first-order chi connectivity index (χ1) is 2.77. The van der Waals surface area contributed by atoms with Crippen molar-refractivity contribution in [1.29, 1.82) is 0 Å². The van der Waals surface area contributed by atoms with E-state index in [1.807, 2.05) is 0 Å². The number of urea groups is 1. The Kier molecular flexibility index (Phi) is 9.45. The fourth-order valence-corrected chi connectivity index (χ4v) is 0.161. The number of hydrogen-bond acceptors (Lipinski definition) is 1. The Morgan fingerprint density at radius 3 is 2.29 bits per heavy atom. The van der Waals surface area contributed by atoms with Crippen LogP contribution in [0.3, 0.4) is 0 Å². The SMILES string of the molecule is CCNC([NH-])=O.[Y]. The molecule has 0 rings (SSSR count). The summed E-state index contributed by atoms with van der Waals surface area (Å²) in [7, 11) is 0. The Hall–Kier alpha value is 0.374. The predicted molar refractivity (Wildman–Crippen MR) is 23.4 cm³/mol. The second-order valence-corrected chi connectivity index (χ2v) is 0.859. The van der Waals surface area contributed by atoms with Gasteiger partial charge in [0.15, 0.2) is 0 Å². The van der Waals surface area contributed by atoms with Crippen LogP contribution in [-0.4, -0.2) is 12.6 Å². The smallest absolute Gasteiger partial charge is 0.150 e. The molecule has 0 saturated heterocycles. The predicted octanol–water partition coefficient (Wildman–Crippen LogP) is 0.766. The molecule has 7 heavy (non-hydrogen) atoms. The van der Waals surface area contributed by atoms with Crippen molar-refractivity contribution in [2.24, 2.45) is 0 Å². The first kappa shape index (κ1) is 10.4. The van der Waals surface area contributed by atoms with Gasteiger partial charge in [-0.05, 0) is 0 Å². The molecular weight excluding hydrogens is 169 g/mol. The fourth-order valence-electron chi connectivity index (χ4n) is 0.161. The van der Waals surface area contributed by atoms with Gasteiger partial charge >= 0.3 is 0 Å². The summed E-state index contributed by atoms with van der Waals surface area (Å²) in [6, 6.07) is -0.711. The first-order valence-electron chi connectivity index (χ1n) is 1.76. The Balaban J connectivity index is 0. The maximum Gasteiger partial charge on any atom is 0.150 e. The van der Waals surface area contributed by atoms with Gasteiger partial charge in [-0.2, -0.15) is 0 Å². The van der Waals surface area contributed by atoms with Gasteiger partial charge in [0, 0.05) is 32.7 Å². The van der Waals surface area contributed by atoms with Crippen molar-refractivity contribution in [3.05, 3.63) is 5.73 Å². The summed E-state index contributed by atoms with van der Waals surface area (Å²) < 4.78 is 0. The Labute approximate surface area is 67.9 Å². The van der Waals surface area contributed by atoms with Gasteiger partial charge < -0.3 is 11.1 Å². The van der Waals surface area contributed by atoms with Crippen LogP contribution in [0.5, 0.6) is 0 Å². The molecule has 2 N–H and O–H groups in total. The second-order valence-electron chi connectivity index (χ2n) is 0.859. The van der Waals surface area contributed by atoms with Gasteiger partial charge in [-0.15, -0.1) is 0 Å². The number of rotatable bonds is 1. The first-order valence-corrected chi connectivity index (χ1v) is 1.76. The largest absolute Gasteiger partial charge is 0.450 e. The molecule has 4 heteroatoms. The quantitative estimate of drug-likeness (QED) is 0.630. The van der Waals surface area contributed by atoms with Crippen molar-refractivity contribution < 1.29 is 37.5 Å². The van der Waals surface area contributed by atoms with Crippen LogP contribution in [0, 0.1) is 0 Å². The summed E-state index contributed by atoms with van der Waals surface area (Å²) in [5.41, 5.74) is 6.23. The van der Waals surface area contributed by atoms with E-state index in [0.717, 1.165) is 0 Å². The van der Waals surface area contributed by atoms with Crippen LogP contribution in [-0.2, 0) is 32.7 Å². The van der Waals surface area contributed by atoms with E-state index in [4.69, 9.17) is 5.73 Å². The van der Waals surface area contributed by atoms with E-state index in [-0.39, 0.29) is 32.7 Å². The molecule has 0 aliphatic heterocycles. The van der Waals surface area contributed by atoms with Crippen LogP contribution >= 0.6 is 0 Å². The molecule has 0 aromatic heterocycles. The minimum Gasteiger partial charge on any atom is -0.450 e. The summed E-state index contributed by atoms with van der Waals surface area (Å²) >= 11 is 0. The Morgan fingerprint density at radius 2 is 2.29 bits per heavy atom. The van der Waals surface area contributed by atoms with E-state index in [9.17, 15) is 4.79 Å². The molecule has 2 amide bonds. The molecule has 0 saturated carbocycles. The van der Waals surface area contributed by atoms with Gasteiger partial charge in [-0.25, -0.2) is 0 Å². The summed E-state index contributed by atoms with van der Waals surface area (Å²) in [6.07, 6.45) is 0. The minimum absolute atomic E-state index is 0. The van der Waals surface area contributed by atoms with Gasteiger partial charge in [-0.3, -0.25) is 4.79 Å². The molecule has 0 heterocycles. The van der Waals surface area contributed by atoms with Crippen molar-refractivity contribution in [2.75, 3.05) is 6.54 Å². The van der Waals surface area contributed by atoms with Crippen molar-refractivity contribution in [3.63, 3.8) is 0 Å². The van der Waals surface area contributed by atoms with Crippen LogP contribution < -0.4 is 5.32 Å². The summed E-state index contributed by atoms with van der Waals surface area (Å²) in [4.78, 5) is 9.60. The molecule has 0 unspecified atom stereocenters. The van der Waals surface area contributed by atoms with Gasteiger partial charge in [0.25, 0.3) is 0 Å². The van der Waals surface area contributed by atoms with Crippen LogP contribution in [0.15, 0.2) is 0 Å². The zero-order chi connectivity index (χ0) is 4.99. The average molecular weight is 176 g/mol. The van der Waals surface area contributed by atoms with Gasteiger partial charge in [0.05, 0.1) is 0 Å². The maximum atomic E-state index is 9.60. The molecule has 3 nitrogen and oxygen atoms in total. The number of nitrogens with one attached hydrogen (secondary N) is 2. The molecule has 0 atom stereocenters. The topological polar surface area (TPSA) is 52.9 Å². The summed E-state index contributed by atoms with van der Waals surface area (Å²) in [5, 5.41) is 2.24. The number of carbonyl (C=O) groups is 1. The van der Waals surface area contributed by atoms with Gasteiger partial charge in [0.1, 0.15) is 6.03 Å². The maximum absolute atomic E-state index is 9.60. The third-order valence-corrected chi connectivity index (χ3v) is 0.337. The van der Waals surface area contributed by atoms with Crippen molar-refractivity contribution in [3.8, 4) is 0 Å². The Bertz CT molecular complexity index is 56.9. The molecule has 0 aromatic rings. The van der Waals surface area contributed by atoms with E-state index >= 15 is 0 Å². The summed E-state index contributed by atoms with van der Waals surface area (Å²) in [6.45, 7) is 2.31. The monoisotopic (exact) mass is 176 g/mol. The van der Waals surface area contributed by atoms with Crippen LogP contribution in [0.2, 0.25) is 0 Å². The number of amides is 2. The third kappa shape index (κ3) is 10.7. The molecule has 0 fully saturated rings. The Morgan fingerprint density at radius 1 is 1.86 bits per heavy atom. The zero-order valence-electron chi connectivity index (χ0n) is 4.19. The zero-order valence-corrected chi connectivity index (χ0v) is 7.03. The minimum atomic E-state index is -0.711. The van der Waals surface area contributed by atoms with E-state index in [1.165, 1.54) is 0 Å².